The van der Waals surface area contributed by atoms with Gasteiger partial charge in [0, 0.05) is 13.2 Å². The Morgan fingerprint density at radius 3 is 2.25 bits per heavy atom. The molecule has 0 aliphatic rings. The maximum absolute atomic E-state index is 5.57. The fourth-order valence-corrected chi connectivity index (χ4v) is 2.00. The summed E-state index contributed by atoms with van der Waals surface area (Å²) < 4.78 is 5.57. The molecule has 2 N–H and O–H groups in total. The first-order valence-corrected chi connectivity index (χ1v) is 7.12. The number of unbranched alkanes of at least 4 members (excludes halogenated alkanes) is 4. The summed E-state index contributed by atoms with van der Waals surface area (Å²) in [6, 6.07) is 0. The lowest BCUT2D eigenvalue weighted by atomic mass is 9.96. The van der Waals surface area contributed by atoms with Crippen molar-refractivity contribution in [3.05, 3.63) is 0 Å². The van der Waals surface area contributed by atoms with Crippen molar-refractivity contribution in [1.82, 2.24) is 0 Å². The van der Waals surface area contributed by atoms with Crippen LogP contribution in [0.3, 0.4) is 0 Å². The SMILES string of the molecule is CCCCCCC(CCCC)COCCN. The molecule has 1 unspecified atom stereocenters. The van der Waals surface area contributed by atoms with Gasteiger partial charge in [-0.3, -0.25) is 0 Å². The van der Waals surface area contributed by atoms with E-state index in [0.717, 1.165) is 19.1 Å². The molecule has 0 amide bonds. The lowest BCUT2D eigenvalue weighted by Gasteiger charge is -2.16. The van der Waals surface area contributed by atoms with Gasteiger partial charge in [0.1, 0.15) is 0 Å². The molecule has 0 radical (unpaired) electrons. The van der Waals surface area contributed by atoms with E-state index in [1.165, 1.54) is 51.4 Å². The zero-order valence-corrected chi connectivity index (χ0v) is 11.3. The van der Waals surface area contributed by atoms with Crippen molar-refractivity contribution in [1.29, 1.82) is 0 Å². The Morgan fingerprint density at radius 2 is 1.62 bits per heavy atom. The van der Waals surface area contributed by atoms with Gasteiger partial charge in [0.25, 0.3) is 0 Å². The van der Waals surface area contributed by atoms with Crippen LogP contribution in [-0.4, -0.2) is 19.8 Å². The molecule has 0 aromatic heterocycles. The maximum Gasteiger partial charge on any atom is 0.0588 e. The molecule has 0 saturated heterocycles. The van der Waals surface area contributed by atoms with E-state index < -0.39 is 0 Å². The number of rotatable bonds is 12. The number of hydrogen-bond donors (Lipinski definition) is 1. The van der Waals surface area contributed by atoms with Crippen molar-refractivity contribution in [2.24, 2.45) is 11.7 Å². The number of ether oxygens (including phenoxy) is 1. The van der Waals surface area contributed by atoms with Crippen molar-refractivity contribution in [3.63, 3.8) is 0 Å². The molecule has 0 heterocycles. The molecule has 0 aliphatic carbocycles. The van der Waals surface area contributed by atoms with E-state index in [4.69, 9.17) is 10.5 Å². The van der Waals surface area contributed by atoms with Crippen LogP contribution in [-0.2, 0) is 4.74 Å². The molecule has 98 valence electrons. The summed E-state index contributed by atoms with van der Waals surface area (Å²) in [5.41, 5.74) is 5.43. The number of hydrogen-bond acceptors (Lipinski definition) is 2. The van der Waals surface area contributed by atoms with Gasteiger partial charge in [-0.2, -0.15) is 0 Å². The predicted octanol–water partition coefficient (Wildman–Crippen LogP) is 3.74. The minimum Gasteiger partial charge on any atom is -0.380 e. The smallest absolute Gasteiger partial charge is 0.0588 e. The van der Waals surface area contributed by atoms with Crippen LogP contribution in [0.25, 0.3) is 0 Å². The monoisotopic (exact) mass is 229 g/mol. The second kappa shape index (κ2) is 13.0. The van der Waals surface area contributed by atoms with Crippen LogP contribution in [0, 0.1) is 5.92 Å². The molecular weight excluding hydrogens is 198 g/mol. The Hall–Kier alpha value is -0.0800. The first kappa shape index (κ1) is 15.9. The predicted molar refractivity (Wildman–Crippen MR) is 71.6 cm³/mol. The van der Waals surface area contributed by atoms with E-state index in [-0.39, 0.29) is 0 Å². The lowest BCUT2D eigenvalue weighted by molar-refractivity contribution is 0.0969. The molecule has 2 nitrogen and oxygen atoms in total. The molecule has 0 aromatic carbocycles. The summed E-state index contributed by atoms with van der Waals surface area (Å²) in [7, 11) is 0. The van der Waals surface area contributed by atoms with Gasteiger partial charge in [-0.1, -0.05) is 52.4 Å². The Morgan fingerprint density at radius 1 is 0.938 bits per heavy atom. The molecule has 16 heavy (non-hydrogen) atoms. The molecule has 0 aliphatic heterocycles. The van der Waals surface area contributed by atoms with Crippen LogP contribution in [0.2, 0.25) is 0 Å². The molecule has 1 atom stereocenters. The summed E-state index contributed by atoms with van der Waals surface area (Å²) in [5, 5.41) is 0. The van der Waals surface area contributed by atoms with Crippen LogP contribution in [0.5, 0.6) is 0 Å². The van der Waals surface area contributed by atoms with Crippen molar-refractivity contribution >= 4 is 0 Å². The molecule has 0 bridgehead atoms. The highest BCUT2D eigenvalue weighted by atomic mass is 16.5. The van der Waals surface area contributed by atoms with E-state index in [0.29, 0.717) is 6.54 Å². The summed E-state index contributed by atoms with van der Waals surface area (Å²) in [4.78, 5) is 0. The van der Waals surface area contributed by atoms with E-state index in [9.17, 15) is 0 Å². The molecule has 0 aromatic rings. The third kappa shape index (κ3) is 10.4. The van der Waals surface area contributed by atoms with E-state index in [1.54, 1.807) is 0 Å². The Labute approximate surface area is 102 Å². The van der Waals surface area contributed by atoms with Crippen LogP contribution in [0.15, 0.2) is 0 Å². The maximum atomic E-state index is 5.57. The average molecular weight is 229 g/mol. The zero-order valence-electron chi connectivity index (χ0n) is 11.3. The molecule has 2 heteroatoms. The quantitative estimate of drug-likeness (QED) is 0.517. The normalized spacial score (nSPS) is 12.9. The third-order valence-electron chi connectivity index (χ3n) is 3.05. The van der Waals surface area contributed by atoms with Gasteiger partial charge >= 0.3 is 0 Å². The van der Waals surface area contributed by atoms with Crippen molar-refractivity contribution in [2.45, 2.75) is 65.2 Å². The van der Waals surface area contributed by atoms with Gasteiger partial charge in [0.2, 0.25) is 0 Å². The lowest BCUT2D eigenvalue weighted by Crippen LogP contribution is -2.15. The second-order valence-electron chi connectivity index (χ2n) is 4.72. The van der Waals surface area contributed by atoms with Gasteiger partial charge in [-0.25, -0.2) is 0 Å². The van der Waals surface area contributed by atoms with E-state index in [2.05, 4.69) is 13.8 Å². The van der Waals surface area contributed by atoms with Crippen molar-refractivity contribution in [3.8, 4) is 0 Å². The third-order valence-corrected chi connectivity index (χ3v) is 3.05. The van der Waals surface area contributed by atoms with E-state index >= 15 is 0 Å². The summed E-state index contributed by atoms with van der Waals surface area (Å²) in [5.74, 6) is 0.767. The van der Waals surface area contributed by atoms with Gasteiger partial charge < -0.3 is 10.5 Å². The van der Waals surface area contributed by atoms with Crippen LogP contribution in [0.1, 0.15) is 65.2 Å². The van der Waals surface area contributed by atoms with Gasteiger partial charge in [0.05, 0.1) is 6.61 Å². The zero-order chi connectivity index (χ0) is 12.1. The molecular formula is C14H31NO. The first-order valence-electron chi connectivity index (χ1n) is 7.12. The molecule has 0 spiro atoms. The highest BCUT2D eigenvalue weighted by Crippen LogP contribution is 2.17. The Bertz CT molecular complexity index is 128. The summed E-state index contributed by atoms with van der Waals surface area (Å²) in [6.45, 7) is 6.81. The summed E-state index contributed by atoms with van der Waals surface area (Å²) >= 11 is 0. The van der Waals surface area contributed by atoms with E-state index in [1.807, 2.05) is 0 Å². The second-order valence-corrected chi connectivity index (χ2v) is 4.72. The fourth-order valence-electron chi connectivity index (χ4n) is 2.00. The highest BCUT2D eigenvalue weighted by molar-refractivity contribution is 4.59. The van der Waals surface area contributed by atoms with Crippen molar-refractivity contribution in [2.75, 3.05) is 19.8 Å². The molecule has 0 saturated carbocycles. The minimum atomic E-state index is 0.649. The first-order chi connectivity index (χ1) is 7.85. The van der Waals surface area contributed by atoms with Crippen molar-refractivity contribution < 1.29 is 4.74 Å². The summed E-state index contributed by atoms with van der Waals surface area (Å²) in [6.07, 6.45) is 10.8. The Balaban J connectivity index is 3.54. The van der Waals surface area contributed by atoms with Gasteiger partial charge in [-0.15, -0.1) is 0 Å². The molecule has 0 fully saturated rings. The van der Waals surface area contributed by atoms with Crippen LogP contribution < -0.4 is 5.73 Å². The standard InChI is InChI=1S/C14H31NO/c1-3-5-7-8-10-14(9-6-4-2)13-16-12-11-15/h14H,3-13,15H2,1-2H3. The van der Waals surface area contributed by atoms with Gasteiger partial charge in [-0.05, 0) is 18.8 Å². The van der Waals surface area contributed by atoms with Crippen LogP contribution in [0.4, 0.5) is 0 Å². The van der Waals surface area contributed by atoms with Crippen LogP contribution >= 0.6 is 0 Å². The minimum absolute atomic E-state index is 0.649. The molecule has 0 rings (SSSR count). The fraction of sp³-hybridized carbons (Fsp3) is 1.00. The van der Waals surface area contributed by atoms with Gasteiger partial charge in [0.15, 0.2) is 0 Å². The topological polar surface area (TPSA) is 35.2 Å². The largest absolute Gasteiger partial charge is 0.380 e. The average Bonchev–Trinajstić information content (AvgIpc) is 2.31. The Kier molecular flexibility index (Phi) is 12.9. The highest BCUT2D eigenvalue weighted by Gasteiger charge is 2.08. The number of nitrogens with two attached hydrogens (primary N) is 1.